The van der Waals surface area contributed by atoms with Gasteiger partial charge < -0.3 is 19.5 Å². The summed E-state index contributed by atoms with van der Waals surface area (Å²) < 4.78 is 44.1. The normalized spacial score (nSPS) is 15.7. The van der Waals surface area contributed by atoms with Crippen molar-refractivity contribution in [1.82, 2.24) is 0 Å². The van der Waals surface area contributed by atoms with Gasteiger partial charge >= 0.3 is 0 Å². The van der Waals surface area contributed by atoms with E-state index in [2.05, 4.69) is 10.0 Å². The van der Waals surface area contributed by atoms with Gasteiger partial charge in [-0.2, -0.15) is 0 Å². The highest BCUT2D eigenvalue weighted by molar-refractivity contribution is 7.92. The van der Waals surface area contributed by atoms with E-state index in [1.54, 1.807) is 30.3 Å². The largest absolute Gasteiger partial charge is 0.490 e. The third-order valence-corrected chi connectivity index (χ3v) is 5.11. The molecule has 2 heterocycles. The van der Waals surface area contributed by atoms with Crippen LogP contribution in [0.2, 0.25) is 0 Å². The lowest BCUT2D eigenvalue weighted by molar-refractivity contribution is 0.171. The van der Waals surface area contributed by atoms with Crippen LogP contribution >= 0.6 is 0 Å². The van der Waals surface area contributed by atoms with Crippen molar-refractivity contribution in [2.45, 2.75) is 4.90 Å². The predicted octanol–water partition coefficient (Wildman–Crippen LogP) is 2.06. The number of nitrogens with one attached hydrogen (secondary N) is 2. The molecule has 0 aliphatic carbocycles. The fourth-order valence-corrected chi connectivity index (χ4v) is 3.68. The van der Waals surface area contributed by atoms with E-state index in [0.29, 0.717) is 55.0 Å². The second-order valence-corrected chi connectivity index (χ2v) is 7.08. The zero-order valence-corrected chi connectivity index (χ0v) is 13.6. The van der Waals surface area contributed by atoms with Crippen molar-refractivity contribution in [3.8, 4) is 17.2 Å². The van der Waals surface area contributed by atoms with Crippen LogP contribution in [0.5, 0.6) is 17.2 Å². The molecule has 24 heavy (non-hydrogen) atoms. The van der Waals surface area contributed by atoms with Crippen LogP contribution in [0.1, 0.15) is 0 Å². The van der Waals surface area contributed by atoms with E-state index in [4.69, 9.17) is 14.2 Å². The fraction of sp³-hybridized carbons (Fsp3) is 0.250. The second kappa shape index (κ2) is 5.79. The number of hydrogen-bond acceptors (Lipinski definition) is 6. The smallest absolute Gasteiger partial charge is 0.261 e. The molecule has 0 saturated heterocycles. The molecule has 8 heteroatoms. The zero-order valence-electron chi connectivity index (χ0n) is 12.7. The van der Waals surface area contributed by atoms with Gasteiger partial charge in [0.1, 0.15) is 25.6 Å². The maximum atomic E-state index is 12.6. The Morgan fingerprint density at radius 1 is 0.875 bits per heavy atom. The van der Waals surface area contributed by atoms with Crippen LogP contribution < -0.4 is 24.2 Å². The molecule has 0 atom stereocenters. The number of hydrogen-bond donors (Lipinski definition) is 2. The summed E-state index contributed by atoms with van der Waals surface area (Å²) in [5, 5.41) is 3.13. The van der Waals surface area contributed by atoms with Gasteiger partial charge in [-0.1, -0.05) is 0 Å². The summed E-state index contributed by atoms with van der Waals surface area (Å²) in [5.41, 5.74) is 1.09. The molecule has 126 valence electrons. The van der Waals surface area contributed by atoms with E-state index < -0.39 is 10.0 Å². The Morgan fingerprint density at radius 2 is 1.62 bits per heavy atom. The number of benzene rings is 2. The third-order valence-electron chi connectivity index (χ3n) is 3.73. The topological polar surface area (TPSA) is 85.9 Å². The molecule has 0 unspecified atom stereocenters. The van der Waals surface area contributed by atoms with Crippen LogP contribution in [0.25, 0.3) is 0 Å². The molecule has 7 nitrogen and oxygen atoms in total. The monoisotopic (exact) mass is 348 g/mol. The Bertz CT molecular complexity index is 882. The summed E-state index contributed by atoms with van der Waals surface area (Å²) in [6, 6.07) is 9.69. The molecule has 2 aromatic rings. The lowest BCUT2D eigenvalue weighted by atomic mass is 10.2. The summed E-state index contributed by atoms with van der Waals surface area (Å²) in [5.74, 6) is 1.79. The summed E-state index contributed by atoms with van der Waals surface area (Å²) in [4.78, 5) is 0.161. The molecule has 2 N–H and O–H groups in total. The first-order chi connectivity index (χ1) is 11.6. The molecule has 2 aliphatic heterocycles. The van der Waals surface area contributed by atoms with Crippen molar-refractivity contribution >= 4 is 21.4 Å². The molecule has 0 aromatic heterocycles. The molecule has 0 radical (unpaired) electrons. The lowest BCUT2D eigenvalue weighted by Crippen LogP contribution is -2.19. The van der Waals surface area contributed by atoms with E-state index in [1.807, 2.05) is 0 Å². The van der Waals surface area contributed by atoms with Crippen molar-refractivity contribution in [2.75, 3.05) is 36.4 Å². The standard InChI is InChI=1S/C16H16N2O5S/c19-24(20,12-2-4-14-13(10-12)17-5-6-21-14)18-11-1-3-15-16(9-11)23-8-7-22-15/h1-4,9-10,17-18H,5-8H2. The Labute approximate surface area is 139 Å². The van der Waals surface area contributed by atoms with Crippen molar-refractivity contribution in [2.24, 2.45) is 0 Å². The van der Waals surface area contributed by atoms with Gasteiger partial charge in [-0.05, 0) is 30.3 Å². The van der Waals surface area contributed by atoms with Gasteiger partial charge in [-0.25, -0.2) is 8.42 Å². The maximum absolute atomic E-state index is 12.6. The minimum Gasteiger partial charge on any atom is -0.490 e. The van der Waals surface area contributed by atoms with E-state index in [-0.39, 0.29) is 4.90 Å². The zero-order chi connectivity index (χ0) is 16.6. The Balaban J connectivity index is 1.61. The lowest BCUT2D eigenvalue weighted by Gasteiger charge is -2.20. The quantitative estimate of drug-likeness (QED) is 0.883. The van der Waals surface area contributed by atoms with Crippen molar-refractivity contribution in [1.29, 1.82) is 0 Å². The van der Waals surface area contributed by atoms with Crippen LogP contribution in [0, 0.1) is 0 Å². The molecule has 0 bridgehead atoms. The first-order valence-corrected chi connectivity index (χ1v) is 9.03. The molecule has 0 fully saturated rings. The fourth-order valence-electron chi connectivity index (χ4n) is 2.61. The molecule has 2 aliphatic rings. The summed E-state index contributed by atoms with van der Waals surface area (Å²) in [7, 11) is -3.72. The maximum Gasteiger partial charge on any atom is 0.261 e. The first-order valence-electron chi connectivity index (χ1n) is 7.55. The van der Waals surface area contributed by atoms with Crippen molar-refractivity contribution in [3.05, 3.63) is 36.4 Å². The van der Waals surface area contributed by atoms with E-state index in [9.17, 15) is 8.42 Å². The minimum absolute atomic E-state index is 0.161. The minimum atomic E-state index is -3.72. The number of sulfonamides is 1. The van der Waals surface area contributed by atoms with Gasteiger partial charge in [0.15, 0.2) is 11.5 Å². The predicted molar refractivity (Wildman–Crippen MR) is 88.7 cm³/mol. The SMILES string of the molecule is O=S(=O)(Nc1ccc2c(c1)OCCO2)c1ccc2c(c1)NCCO2. The molecular weight excluding hydrogens is 332 g/mol. The van der Waals surface area contributed by atoms with Crippen LogP contribution in [0.15, 0.2) is 41.3 Å². The molecule has 2 aromatic carbocycles. The third kappa shape index (κ3) is 2.80. The average Bonchev–Trinajstić information content (AvgIpc) is 2.61. The van der Waals surface area contributed by atoms with Crippen LogP contribution in [-0.2, 0) is 10.0 Å². The molecule has 0 saturated carbocycles. The van der Waals surface area contributed by atoms with Gasteiger partial charge in [0.25, 0.3) is 10.0 Å². The molecule has 4 rings (SSSR count). The highest BCUT2D eigenvalue weighted by Gasteiger charge is 2.20. The summed E-state index contributed by atoms with van der Waals surface area (Å²) >= 11 is 0. The van der Waals surface area contributed by atoms with Crippen molar-refractivity contribution in [3.63, 3.8) is 0 Å². The Kier molecular flexibility index (Phi) is 3.61. The number of rotatable bonds is 3. The van der Waals surface area contributed by atoms with Crippen molar-refractivity contribution < 1.29 is 22.6 Å². The number of anilines is 2. The van der Waals surface area contributed by atoms with Gasteiger partial charge in [0.05, 0.1) is 16.3 Å². The molecular formula is C16H16N2O5S. The van der Waals surface area contributed by atoms with Crippen LogP contribution in [0.3, 0.4) is 0 Å². The Morgan fingerprint density at radius 3 is 2.50 bits per heavy atom. The highest BCUT2D eigenvalue weighted by atomic mass is 32.2. The summed E-state index contributed by atoms with van der Waals surface area (Å²) in [6.45, 7) is 2.14. The Hall–Kier alpha value is -2.61. The van der Waals surface area contributed by atoms with E-state index in [0.717, 1.165) is 0 Å². The van der Waals surface area contributed by atoms with Gasteiger partial charge in [-0.3, -0.25) is 4.72 Å². The van der Waals surface area contributed by atoms with E-state index >= 15 is 0 Å². The van der Waals surface area contributed by atoms with Gasteiger partial charge in [0, 0.05) is 12.6 Å². The highest BCUT2D eigenvalue weighted by Crippen LogP contribution is 2.34. The van der Waals surface area contributed by atoms with E-state index in [1.165, 1.54) is 6.07 Å². The van der Waals surface area contributed by atoms with Crippen LogP contribution in [-0.4, -0.2) is 34.8 Å². The van der Waals surface area contributed by atoms with Crippen LogP contribution in [0.4, 0.5) is 11.4 Å². The average molecular weight is 348 g/mol. The summed E-state index contributed by atoms with van der Waals surface area (Å²) in [6.07, 6.45) is 0. The molecule has 0 spiro atoms. The second-order valence-electron chi connectivity index (χ2n) is 5.40. The van der Waals surface area contributed by atoms with Gasteiger partial charge in [-0.15, -0.1) is 0 Å². The first kappa shape index (κ1) is 14.9. The molecule has 0 amide bonds. The van der Waals surface area contributed by atoms with Gasteiger partial charge in [0.2, 0.25) is 0 Å². The number of ether oxygens (including phenoxy) is 3. The number of fused-ring (bicyclic) bond motifs is 2.